The molecule has 0 radical (unpaired) electrons. The maximum absolute atomic E-state index is 13.3. The Labute approximate surface area is 129 Å². The quantitative estimate of drug-likeness (QED) is 0.525. The molecular formula is C7H9Cl4FN2O2S2. The van der Waals surface area contributed by atoms with Crippen molar-refractivity contribution in [3.63, 3.8) is 0 Å². The van der Waals surface area contributed by atoms with Gasteiger partial charge in [-0.25, -0.2) is 12.8 Å². The molecule has 0 saturated heterocycles. The Balaban J connectivity index is 5.37. The third-order valence-electron chi connectivity index (χ3n) is 1.68. The zero-order chi connectivity index (χ0) is 14.8. The van der Waals surface area contributed by atoms with Gasteiger partial charge in [0.2, 0.25) is 13.7 Å². The Morgan fingerprint density at radius 1 is 1.44 bits per heavy atom. The van der Waals surface area contributed by atoms with Crippen molar-refractivity contribution in [2.24, 2.45) is 0 Å². The summed E-state index contributed by atoms with van der Waals surface area (Å²) in [5.74, 6) is -0.320. The molecule has 0 N–H and O–H groups in total. The molecule has 4 nitrogen and oxygen atoms in total. The fourth-order valence-corrected chi connectivity index (χ4v) is 4.04. The number of alkyl halides is 5. The molecule has 1 atom stereocenters. The fourth-order valence-electron chi connectivity index (χ4n) is 0.716. The molecule has 0 aromatic heterocycles. The zero-order valence-electron chi connectivity index (χ0n) is 9.20. The first kappa shape index (κ1) is 18.8. The van der Waals surface area contributed by atoms with Gasteiger partial charge in [0.15, 0.2) is 0 Å². The first-order valence-electron chi connectivity index (χ1n) is 4.44. The van der Waals surface area contributed by atoms with E-state index in [1.807, 2.05) is 0 Å². The van der Waals surface area contributed by atoms with Gasteiger partial charge >= 0.3 is 4.59 Å². The Bertz CT molecular complexity index is 432. The highest BCUT2D eigenvalue weighted by atomic mass is 35.5. The topological polar surface area (TPSA) is 61.2 Å². The number of halogens is 5. The molecule has 0 heterocycles. The van der Waals surface area contributed by atoms with Gasteiger partial charge in [-0.1, -0.05) is 46.4 Å². The predicted molar refractivity (Wildman–Crippen MR) is 73.9 cm³/mol. The molecule has 0 saturated carbocycles. The molecule has 106 valence electrons. The van der Waals surface area contributed by atoms with Crippen molar-refractivity contribution in [1.29, 1.82) is 5.26 Å². The smallest absolute Gasteiger partial charge is 0.211 e. The maximum Gasteiger partial charge on any atom is 0.301 e. The van der Waals surface area contributed by atoms with Crippen LogP contribution in [0.15, 0.2) is 0 Å². The van der Waals surface area contributed by atoms with Gasteiger partial charge in [-0.15, -0.1) is 3.71 Å². The number of nitriles is 1. The second-order valence-corrected chi connectivity index (χ2v) is 9.63. The molecule has 0 aromatic rings. The Morgan fingerprint density at radius 2 is 1.89 bits per heavy atom. The Hall–Kier alpha value is 0.840. The van der Waals surface area contributed by atoms with E-state index in [0.29, 0.717) is 3.71 Å². The van der Waals surface area contributed by atoms with Gasteiger partial charge < -0.3 is 0 Å². The summed E-state index contributed by atoms with van der Waals surface area (Å²) in [4.78, 5) is 0. The van der Waals surface area contributed by atoms with Crippen LogP contribution in [-0.4, -0.2) is 32.2 Å². The highest BCUT2D eigenvalue weighted by Crippen LogP contribution is 2.53. The number of sulfonamides is 1. The van der Waals surface area contributed by atoms with E-state index in [2.05, 4.69) is 0 Å². The third-order valence-corrected chi connectivity index (χ3v) is 7.30. The summed E-state index contributed by atoms with van der Waals surface area (Å²) in [6, 6.07) is 0.561. The SMILES string of the molecule is CCS(=O)(=O)N(SC(Cl)(Cl)C(F)(Cl)Cl)C(C)C#N. The number of hydrogen-bond acceptors (Lipinski definition) is 4. The minimum atomic E-state index is -3.84. The van der Waals surface area contributed by atoms with Crippen molar-refractivity contribution in [2.75, 3.05) is 5.75 Å². The summed E-state index contributed by atoms with van der Waals surface area (Å²) in [6.07, 6.45) is 0. The van der Waals surface area contributed by atoms with Crippen molar-refractivity contribution < 1.29 is 12.8 Å². The van der Waals surface area contributed by atoms with Gasteiger partial charge in [0.25, 0.3) is 0 Å². The van der Waals surface area contributed by atoms with Gasteiger partial charge in [0, 0.05) is 0 Å². The number of hydrogen-bond donors (Lipinski definition) is 0. The van der Waals surface area contributed by atoms with E-state index in [9.17, 15) is 12.8 Å². The van der Waals surface area contributed by atoms with E-state index in [0.717, 1.165) is 0 Å². The summed E-state index contributed by atoms with van der Waals surface area (Å²) in [5.41, 5.74) is 0. The van der Waals surface area contributed by atoms with Gasteiger partial charge in [-0.2, -0.15) is 5.26 Å². The van der Waals surface area contributed by atoms with E-state index in [1.165, 1.54) is 13.8 Å². The highest BCUT2D eigenvalue weighted by Gasteiger charge is 2.52. The van der Waals surface area contributed by atoms with Crippen LogP contribution in [0.2, 0.25) is 0 Å². The van der Waals surface area contributed by atoms with E-state index in [-0.39, 0.29) is 17.7 Å². The summed E-state index contributed by atoms with van der Waals surface area (Å²) in [5, 5.41) is 8.75. The second kappa shape index (κ2) is 6.53. The molecule has 0 aliphatic rings. The molecule has 1 unspecified atom stereocenters. The van der Waals surface area contributed by atoms with E-state index >= 15 is 0 Å². The van der Waals surface area contributed by atoms with Crippen molar-refractivity contribution >= 4 is 68.4 Å². The number of nitrogens with zero attached hydrogens (tertiary/aromatic N) is 2. The molecule has 0 spiro atoms. The molecular weight excluding hydrogens is 369 g/mol. The summed E-state index contributed by atoms with van der Waals surface area (Å²) in [7, 11) is -3.84. The van der Waals surface area contributed by atoms with Gasteiger partial charge in [-0.3, -0.25) is 0 Å². The van der Waals surface area contributed by atoms with Crippen molar-refractivity contribution in [2.45, 2.75) is 28.1 Å². The lowest BCUT2D eigenvalue weighted by Gasteiger charge is -2.31. The standard InChI is InChI=1S/C7H9Cl4FN2O2S2/c1-3-18(15,16)14(5(2)4-13)17-7(10,11)6(8,9)12/h5H,3H2,1-2H3. The number of rotatable bonds is 6. The monoisotopic (exact) mass is 376 g/mol. The van der Waals surface area contributed by atoms with Gasteiger partial charge in [0.1, 0.15) is 6.04 Å². The lowest BCUT2D eigenvalue weighted by Crippen LogP contribution is -2.40. The predicted octanol–water partition coefficient (Wildman–Crippen LogP) is 3.43. The Kier molecular flexibility index (Phi) is 6.83. The normalized spacial score (nSPS) is 15.5. The van der Waals surface area contributed by atoms with Crippen LogP contribution < -0.4 is 0 Å². The van der Waals surface area contributed by atoms with E-state index in [1.54, 1.807) is 6.07 Å². The molecule has 0 aliphatic carbocycles. The largest absolute Gasteiger partial charge is 0.301 e. The molecule has 0 fully saturated rings. The molecule has 0 rings (SSSR count). The van der Waals surface area contributed by atoms with Crippen LogP contribution >= 0.6 is 58.4 Å². The molecule has 0 aromatic carbocycles. The van der Waals surface area contributed by atoms with Crippen molar-refractivity contribution in [3.8, 4) is 6.07 Å². The van der Waals surface area contributed by atoms with Crippen LogP contribution in [0.4, 0.5) is 4.39 Å². The van der Waals surface area contributed by atoms with Crippen molar-refractivity contribution in [3.05, 3.63) is 0 Å². The zero-order valence-corrected chi connectivity index (χ0v) is 13.9. The van der Waals surface area contributed by atoms with E-state index < -0.39 is 24.3 Å². The molecule has 0 bridgehead atoms. The van der Waals surface area contributed by atoms with Gasteiger partial charge in [0.05, 0.1) is 11.8 Å². The van der Waals surface area contributed by atoms with E-state index in [4.69, 9.17) is 51.7 Å². The van der Waals surface area contributed by atoms with Crippen LogP contribution in [-0.2, 0) is 10.0 Å². The lowest BCUT2D eigenvalue weighted by atomic mass is 10.4. The van der Waals surface area contributed by atoms with Crippen LogP contribution in [0.1, 0.15) is 13.8 Å². The maximum atomic E-state index is 13.3. The third kappa shape index (κ3) is 4.75. The highest BCUT2D eigenvalue weighted by molar-refractivity contribution is 8.11. The average Bonchev–Trinajstić information content (AvgIpc) is 2.23. The van der Waals surface area contributed by atoms with Crippen LogP contribution in [0.25, 0.3) is 0 Å². The second-order valence-electron chi connectivity index (χ2n) is 3.07. The first-order chi connectivity index (χ1) is 7.89. The van der Waals surface area contributed by atoms with Crippen molar-refractivity contribution in [1.82, 2.24) is 3.71 Å². The summed E-state index contributed by atoms with van der Waals surface area (Å²) >= 11 is 21.5. The lowest BCUT2D eigenvalue weighted by molar-refractivity contribution is 0.398. The molecule has 0 amide bonds. The Morgan fingerprint density at radius 3 is 2.17 bits per heavy atom. The minimum Gasteiger partial charge on any atom is -0.211 e. The summed E-state index contributed by atoms with van der Waals surface area (Å²) < 4.78 is 31.8. The van der Waals surface area contributed by atoms with Crippen LogP contribution in [0.3, 0.4) is 0 Å². The van der Waals surface area contributed by atoms with Gasteiger partial charge in [-0.05, 0) is 25.8 Å². The molecule has 11 heteroatoms. The molecule has 18 heavy (non-hydrogen) atoms. The summed E-state index contributed by atoms with van der Waals surface area (Å²) in [6.45, 7) is 2.63. The van der Waals surface area contributed by atoms with Crippen LogP contribution in [0, 0.1) is 11.3 Å². The fraction of sp³-hybridized carbons (Fsp3) is 0.857. The van der Waals surface area contributed by atoms with Crippen LogP contribution in [0.5, 0.6) is 0 Å². The molecule has 0 aliphatic heterocycles. The average molecular weight is 378 g/mol. The minimum absolute atomic E-state index is 0.133. The first-order valence-corrected chi connectivity index (χ1v) is 8.34.